The van der Waals surface area contributed by atoms with Gasteiger partial charge in [0.1, 0.15) is 11.6 Å². The molecule has 18 heavy (non-hydrogen) atoms. The summed E-state index contributed by atoms with van der Waals surface area (Å²) >= 11 is 0. The molecule has 96 valence electrons. The first-order valence-electron chi connectivity index (χ1n) is 6.21. The van der Waals surface area contributed by atoms with Gasteiger partial charge in [0.05, 0.1) is 6.04 Å². The molecule has 0 amide bonds. The van der Waals surface area contributed by atoms with E-state index < -0.39 is 0 Å². The van der Waals surface area contributed by atoms with Crippen LogP contribution in [0.4, 0.5) is 4.39 Å². The van der Waals surface area contributed by atoms with Crippen LogP contribution in [-0.4, -0.2) is 16.5 Å². The molecule has 2 rings (SSSR count). The van der Waals surface area contributed by atoms with E-state index in [1.807, 2.05) is 13.0 Å². The lowest BCUT2D eigenvalue weighted by molar-refractivity contribution is 0.532. The predicted octanol–water partition coefficient (Wildman–Crippen LogP) is 2.95. The van der Waals surface area contributed by atoms with Crippen molar-refractivity contribution in [2.75, 3.05) is 6.54 Å². The molecule has 2 N–H and O–H groups in total. The van der Waals surface area contributed by atoms with E-state index >= 15 is 0 Å². The summed E-state index contributed by atoms with van der Waals surface area (Å²) in [6.07, 6.45) is 4.43. The standard InChI is InChI=1S/C14H18FN3/c1-3-6-16-13(14-17-7-8-18-14)11-9-10(2)4-5-12(11)15/h4-5,7-9,13,16H,3,6H2,1-2H3,(H,17,18). The van der Waals surface area contributed by atoms with Crippen molar-refractivity contribution in [2.45, 2.75) is 26.3 Å². The van der Waals surface area contributed by atoms with E-state index in [0.717, 1.165) is 24.4 Å². The number of hydrogen-bond donors (Lipinski definition) is 2. The van der Waals surface area contributed by atoms with Crippen LogP contribution in [-0.2, 0) is 0 Å². The molecule has 1 unspecified atom stereocenters. The summed E-state index contributed by atoms with van der Waals surface area (Å²) in [5.41, 5.74) is 1.68. The van der Waals surface area contributed by atoms with Crippen molar-refractivity contribution in [1.29, 1.82) is 0 Å². The molecule has 2 aromatic rings. The summed E-state index contributed by atoms with van der Waals surface area (Å²) < 4.78 is 14.0. The molecule has 0 spiro atoms. The Labute approximate surface area is 106 Å². The maximum atomic E-state index is 14.0. The van der Waals surface area contributed by atoms with Gasteiger partial charge in [0, 0.05) is 18.0 Å². The second-order valence-electron chi connectivity index (χ2n) is 4.39. The summed E-state index contributed by atoms with van der Waals surface area (Å²) in [6.45, 7) is 4.86. The quantitative estimate of drug-likeness (QED) is 0.852. The molecule has 0 bridgehead atoms. The monoisotopic (exact) mass is 247 g/mol. The molecular weight excluding hydrogens is 229 g/mol. The highest BCUT2D eigenvalue weighted by Crippen LogP contribution is 2.23. The zero-order chi connectivity index (χ0) is 13.0. The Morgan fingerprint density at radius 3 is 2.94 bits per heavy atom. The van der Waals surface area contributed by atoms with Gasteiger partial charge in [-0.15, -0.1) is 0 Å². The first-order chi connectivity index (χ1) is 8.72. The topological polar surface area (TPSA) is 40.7 Å². The fourth-order valence-corrected chi connectivity index (χ4v) is 1.96. The van der Waals surface area contributed by atoms with Gasteiger partial charge >= 0.3 is 0 Å². The number of benzene rings is 1. The highest BCUT2D eigenvalue weighted by atomic mass is 19.1. The maximum Gasteiger partial charge on any atom is 0.128 e. The molecular formula is C14H18FN3. The lowest BCUT2D eigenvalue weighted by Gasteiger charge is -2.18. The van der Waals surface area contributed by atoms with Crippen LogP contribution in [0.2, 0.25) is 0 Å². The van der Waals surface area contributed by atoms with Gasteiger partial charge in [-0.3, -0.25) is 0 Å². The van der Waals surface area contributed by atoms with Gasteiger partial charge < -0.3 is 10.3 Å². The molecule has 0 saturated heterocycles. The summed E-state index contributed by atoms with van der Waals surface area (Å²) in [5.74, 6) is 0.540. The van der Waals surface area contributed by atoms with Crippen LogP contribution < -0.4 is 5.32 Å². The third-order valence-corrected chi connectivity index (χ3v) is 2.85. The van der Waals surface area contributed by atoms with Gasteiger partial charge in [0.2, 0.25) is 0 Å². The van der Waals surface area contributed by atoms with Crippen LogP contribution in [0.3, 0.4) is 0 Å². The van der Waals surface area contributed by atoms with Gasteiger partial charge in [0.25, 0.3) is 0 Å². The van der Waals surface area contributed by atoms with Crippen LogP contribution in [0.5, 0.6) is 0 Å². The number of nitrogens with one attached hydrogen (secondary N) is 2. The first-order valence-corrected chi connectivity index (χ1v) is 6.21. The van der Waals surface area contributed by atoms with Crippen molar-refractivity contribution < 1.29 is 4.39 Å². The molecule has 0 radical (unpaired) electrons. The number of nitrogens with zero attached hydrogens (tertiary/aromatic N) is 1. The van der Waals surface area contributed by atoms with E-state index in [1.165, 1.54) is 6.07 Å². The molecule has 0 aliphatic rings. The molecule has 1 aromatic carbocycles. The Kier molecular flexibility index (Phi) is 4.10. The molecule has 0 aliphatic carbocycles. The number of halogens is 1. The van der Waals surface area contributed by atoms with Crippen LogP contribution in [0.15, 0.2) is 30.6 Å². The molecule has 1 heterocycles. The maximum absolute atomic E-state index is 14.0. The Bertz CT molecular complexity index is 494. The number of hydrogen-bond acceptors (Lipinski definition) is 2. The van der Waals surface area contributed by atoms with Gasteiger partial charge in [-0.25, -0.2) is 9.37 Å². The SMILES string of the molecule is CCCNC(c1ncc[nH]1)c1cc(C)ccc1F. The van der Waals surface area contributed by atoms with Gasteiger partial charge in [-0.1, -0.05) is 24.6 Å². The number of imidazole rings is 1. The van der Waals surface area contributed by atoms with Crippen molar-refractivity contribution in [3.8, 4) is 0 Å². The van der Waals surface area contributed by atoms with E-state index in [9.17, 15) is 4.39 Å². The van der Waals surface area contributed by atoms with Crippen molar-refractivity contribution >= 4 is 0 Å². The second kappa shape index (κ2) is 5.78. The number of H-pyrrole nitrogens is 1. The minimum Gasteiger partial charge on any atom is -0.347 e. The number of aromatic nitrogens is 2. The fraction of sp³-hybridized carbons (Fsp3) is 0.357. The lowest BCUT2D eigenvalue weighted by atomic mass is 10.0. The van der Waals surface area contributed by atoms with E-state index in [0.29, 0.717) is 5.56 Å². The minimum absolute atomic E-state index is 0.203. The molecule has 1 aromatic heterocycles. The Morgan fingerprint density at radius 1 is 1.44 bits per heavy atom. The highest BCUT2D eigenvalue weighted by Gasteiger charge is 2.19. The second-order valence-corrected chi connectivity index (χ2v) is 4.39. The molecule has 0 fully saturated rings. The first kappa shape index (κ1) is 12.8. The average Bonchev–Trinajstić information content (AvgIpc) is 2.88. The molecule has 3 nitrogen and oxygen atoms in total. The van der Waals surface area contributed by atoms with Crippen molar-refractivity contribution in [3.05, 3.63) is 53.4 Å². The Morgan fingerprint density at radius 2 is 2.28 bits per heavy atom. The molecule has 0 saturated carbocycles. The third-order valence-electron chi connectivity index (χ3n) is 2.85. The smallest absolute Gasteiger partial charge is 0.128 e. The average molecular weight is 247 g/mol. The van der Waals surface area contributed by atoms with Gasteiger partial charge in [-0.2, -0.15) is 0 Å². The van der Waals surface area contributed by atoms with Crippen molar-refractivity contribution in [2.24, 2.45) is 0 Å². The molecule has 0 aliphatic heterocycles. The van der Waals surface area contributed by atoms with Gasteiger partial charge in [0.15, 0.2) is 0 Å². The summed E-state index contributed by atoms with van der Waals surface area (Å²) in [6, 6.07) is 4.93. The summed E-state index contributed by atoms with van der Waals surface area (Å²) in [5, 5.41) is 3.32. The van der Waals surface area contributed by atoms with Crippen LogP contribution in [0.1, 0.15) is 36.3 Å². The van der Waals surface area contributed by atoms with Gasteiger partial charge in [-0.05, 0) is 26.0 Å². The van der Waals surface area contributed by atoms with Crippen LogP contribution in [0, 0.1) is 12.7 Å². The predicted molar refractivity (Wildman–Crippen MR) is 69.9 cm³/mol. The van der Waals surface area contributed by atoms with Crippen molar-refractivity contribution in [3.63, 3.8) is 0 Å². The largest absolute Gasteiger partial charge is 0.347 e. The van der Waals surface area contributed by atoms with E-state index in [-0.39, 0.29) is 11.9 Å². The highest BCUT2D eigenvalue weighted by molar-refractivity contribution is 5.30. The number of aryl methyl sites for hydroxylation is 1. The zero-order valence-corrected chi connectivity index (χ0v) is 10.7. The van der Waals surface area contributed by atoms with Crippen LogP contribution in [0.25, 0.3) is 0 Å². The third kappa shape index (κ3) is 2.76. The van der Waals surface area contributed by atoms with Crippen LogP contribution >= 0.6 is 0 Å². The van der Waals surface area contributed by atoms with E-state index in [4.69, 9.17) is 0 Å². The van der Waals surface area contributed by atoms with Crippen molar-refractivity contribution in [1.82, 2.24) is 15.3 Å². The summed E-state index contributed by atoms with van der Waals surface area (Å²) in [7, 11) is 0. The molecule has 4 heteroatoms. The molecule has 1 atom stereocenters. The summed E-state index contributed by atoms with van der Waals surface area (Å²) in [4.78, 5) is 7.28. The number of rotatable bonds is 5. The Hall–Kier alpha value is -1.68. The fourth-order valence-electron chi connectivity index (χ4n) is 1.96. The number of aromatic amines is 1. The Balaban J connectivity index is 2.36. The zero-order valence-electron chi connectivity index (χ0n) is 10.7. The lowest BCUT2D eigenvalue weighted by Crippen LogP contribution is -2.25. The van der Waals surface area contributed by atoms with E-state index in [2.05, 4.69) is 22.2 Å². The van der Waals surface area contributed by atoms with E-state index in [1.54, 1.807) is 18.5 Å². The normalized spacial score (nSPS) is 12.6. The minimum atomic E-state index is -0.222.